The summed E-state index contributed by atoms with van der Waals surface area (Å²) in [6.45, 7) is 4.48. The van der Waals surface area contributed by atoms with Gasteiger partial charge >= 0.3 is 0 Å². The van der Waals surface area contributed by atoms with E-state index in [9.17, 15) is 8.42 Å². The number of thiophene rings is 2. The van der Waals surface area contributed by atoms with Gasteiger partial charge in [0, 0.05) is 16.3 Å². The van der Waals surface area contributed by atoms with Crippen molar-refractivity contribution in [1.29, 1.82) is 0 Å². The maximum Gasteiger partial charge on any atom is 0.250 e. The van der Waals surface area contributed by atoms with Crippen LogP contribution < -0.4 is 10.0 Å². The van der Waals surface area contributed by atoms with Crippen LogP contribution in [0.2, 0.25) is 0 Å². The standard InChI is InChI=1S/C13H18N2O2S3/c1-9-7-13(19-12(9)8-14-3)20(16,17)15-10(2)11-5-4-6-18-11/h4-7,10,14-15H,8H2,1-3H3. The average molecular weight is 331 g/mol. The Balaban J connectivity index is 2.20. The van der Waals surface area contributed by atoms with Crippen molar-refractivity contribution in [3.05, 3.63) is 38.9 Å². The van der Waals surface area contributed by atoms with Gasteiger partial charge in [-0.15, -0.1) is 22.7 Å². The van der Waals surface area contributed by atoms with E-state index in [4.69, 9.17) is 0 Å². The van der Waals surface area contributed by atoms with E-state index in [0.717, 1.165) is 15.3 Å². The smallest absolute Gasteiger partial charge is 0.250 e. The van der Waals surface area contributed by atoms with Crippen LogP contribution in [-0.4, -0.2) is 15.5 Å². The first kappa shape index (κ1) is 15.7. The minimum absolute atomic E-state index is 0.213. The van der Waals surface area contributed by atoms with Crippen LogP contribution in [-0.2, 0) is 16.6 Å². The Bertz CT molecular complexity index is 660. The Kier molecular flexibility index (Phi) is 4.98. The average Bonchev–Trinajstić information content (AvgIpc) is 3.00. The van der Waals surface area contributed by atoms with Crippen molar-refractivity contribution in [3.8, 4) is 0 Å². The lowest BCUT2D eigenvalue weighted by molar-refractivity contribution is 0.570. The molecule has 1 atom stereocenters. The quantitative estimate of drug-likeness (QED) is 0.856. The van der Waals surface area contributed by atoms with Crippen LogP contribution in [0.1, 0.15) is 28.3 Å². The molecular formula is C13H18N2O2S3. The zero-order valence-corrected chi connectivity index (χ0v) is 14.1. The summed E-state index contributed by atoms with van der Waals surface area (Å²) in [5.41, 5.74) is 1.01. The maximum absolute atomic E-state index is 12.4. The van der Waals surface area contributed by atoms with Crippen molar-refractivity contribution in [2.24, 2.45) is 0 Å². The molecule has 4 nitrogen and oxygen atoms in total. The number of hydrogen-bond donors (Lipinski definition) is 2. The van der Waals surface area contributed by atoms with Crippen molar-refractivity contribution in [2.45, 2.75) is 30.6 Å². The zero-order chi connectivity index (χ0) is 14.8. The molecule has 110 valence electrons. The van der Waals surface area contributed by atoms with Gasteiger partial charge in [-0.2, -0.15) is 0 Å². The largest absolute Gasteiger partial charge is 0.315 e. The van der Waals surface area contributed by atoms with Crippen LogP contribution in [0.4, 0.5) is 0 Å². The van der Waals surface area contributed by atoms with Gasteiger partial charge in [0.2, 0.25) is 0 Å². The minimum atomic E-state index is -3.46. The van der Waals surface area contributed by atoms with Crippen molar-refractivity contribution in [2.75, 3.05) is 7.05 Å². The van der Waals surface area contributed by atoms with Crippen LogP contribution in [0.5, 0.6) is 0 Å². The zero-order valence-electron chi connectivity index (χ0n) is 11.6. The summed E-state index contributed by atoms with van der Waals surface area (Å²) in [6.07, 6.45) is 0. The van der Waals surface area contributed by atoms with Gasteiger partial charge < -0.3 is 5.32 Å². The molecule has 0 bridgehead atoms. The summed E-state index contributed by atoms with van der Waals surface area (Å²) < 4.78 is 27.9. The SMILES string of the molecule is CNCc1sc(S(=O)(=O)NC(C)c2cccs2)cc1C. The molecule has 0 aliphatic rings. The fourth-order valence-corrected chi connectivity index (χ4v) is 5.49. The van der Waals surface area contributed by atoms with Crippen LogP contribution in [0.25, 0.3) is 0 Å². The van der Waals surface area contributed by atoms with Crippen LogP contribution in [0.3, 0.4) is 0 Å². The van der Waals surface area contributed by atoms with Crippen LogP contribution in [0, 0.1) is 6.92 Å². The van der Waals surface area contributed by atoms with E-state index in [-0.39, 0.29) is 6.04 Å². The fourth-order valence-electron chi connectivity index (χ4n) is 1.84. The Hall–Kier alpha value is -0.730. The summed E-state index contributed by atoms with van der Waals surface area (Å²) in [4.78, 5) is 2.06. The second-order valence-electron chi connectivity index (χ2n) is 4.56. The molecule has 0 spiro atoms. The fraction of sp³-hybridized carbons (Fsp3) is 0.385. The van der Waals surface area contributed by atoms with Crippen molar-refractivity contribution in [3.63, 3.8) is 0 Å². The van der Waals surface area contributed by atoms with E-state index >= 15 is 0 Å². The lowest BCUT2D eigenvalue weighted by Gasteiger charge is -2.11. The number of aryl methyl sites for hydroxylation is 1. The molecule has 2 rings (SSSR count). The molecule has 2 aromatic rings. The first-order valence-electron chi connectivity index (χ1n) is 6.23. The molecule has 2 aromatic heterocycles. The molecule has 0 amide bonds. The summed E-state index contributed by atoms with van der Waals surface area (Å²) in [7, 11) is -1.61. The first-order valence-corrected chi connectivity index (χ1v) is 9.41. The molecule has 0 saturated carbocycles. The number of sulfonamides is 1. The molecule has 0 fully saturated rings. The van der Waals surface area contributed by atoms with Gasteiger partial charge in [0.05, 0.1) is 6.04 Å². The Morgan fingerprint density at radius 2 is 2.15 bits per heavy atom. The molecule has 0 aliphatic heterocycles. The summed E-state index contributed by atoms with van der Waals surface area (Å²) in [5.74, 6) is 0. The summed E-state index contributed by atoms with van der Waals surface area (Å²) in [6, 6.07) is 5.38. The van der Waals surface area contributed by atoms with Gasteiger partial charge in [0.25, 0.3) is 10.0 Å². The third kappa shape index (κ3) is 3.48. The summed E-state index contributed by atoms with van der Waals surface area (Å²) in [5, 5.41) is 4.99. The van der Waals surface area contributed by atoms with Gasteiger partial charge in [-0.05, 0) is 44.0 Å². The van der Waals surface area contributed by atoms with Crippen molar-refractivity contribution < 1.29 is 8.42 Å². The molecule has 1 unspecified atom stereocenters. The number of nitrogens with one attached hydrogen (secondary N) is 2. The van der Waals surface area contributed by atoms with Crippen LogP contribution >= 0.6 is 22.7 Å². The second-order valence-corrected chi connectivity index (χ2v) is 8.62. The van der Waals surface area contributed by atoms with Gasteiger partial charge in [0.15, 0.2) is 0 Å². The van der Waals surface area contributed by atoms with E-state index in [1.165, 1.54) is 11.3 Å². The van der Waals surface area contributed by atoms with E-state index in [2.05, 4.69) is 10.0 Å². The number of rotatable bonds is 6. The highest BCUT2D eigenvalue weighted by Gasteiger charge is 2.22. The molecule has 2 heterocycles. The molecule has 0 aromatic carbocycles. The van der Waals surface area contributed by atoms with Crippen molar-refractivity contribution >= 4 is 32.7 Å². The van der Waals surface area contributed by atoms with Gasteiger partial charge in [-0.3, -0.25) is 0 Å². The molecule has 20 heavy (non-hydrogen) atoms. The van der Waals surface area contributed by atoms with E-state index in [1.807, 2.05) is 38.4 Å². The molecular weight excluding hydrogens is 312 g/mol. The topological polar surface area (TPSA) is 58.2 Å². The van der Waals surface area contributed by atoms with E-state index in [0.29, 0.717) is 10.8 Å². The second kappa shape index (κ2) is 6.36. The first-order chi connectivity index (χ1) is 9.44. The normalized spacial score (nSPS) is 13.6. The third-order valence-corrected chi connectivity index (χ3v) is 7.21. The molecule has 0 radical (unpaired) electrons. The highest BCUT2D eigenvalue weighted by molar-refractivity contribution is 7.91. The lowest BCUT2D eigenvalue weighted by atomic mass is 10.3. The molecule has 0 aliphatic carbocycles. The Morgan fingerprint density at radius 1 is 1.40 bits per heavy atom. The monoisotopic (exact) mass is 330 g/mol. The van der Waals surface area contributed by atoms with Gasteiger partial charge in [-0.25, -0.2) is 13.1 Å². The predicted octanol–water partition coefficient (Wildman–Crippen LogP) is 2.88. The molecule has 2 N–H and O–H groups in total. The number of hydrogen-bond acceptors (Lipinski definition) is 5. The third-order valence-electron chi connectivity index (χ3n) is 2.90. The Labute approximate surface area is 127 Å². The van der Waals surface area contributed by atoms with Crippen LogP contribution in [0.15, 0.2) is 27.8 Å². The molecule has 0 saturated heterocycles. The highest BCUT2D eigenvalue weighted by Crippen LogP contribution is 2.28. The molecule has 7 heteroatoms. The lowest BCUT2D eigenvalue weighted by Crippen LogP contribution is -2.25. The van der Waals surface area contributed by atoms with Crippen molar-refractivity contribution in [1.82, 2.24) is 10.0 Å². The maximum atomic E-state index is 12.4. The predicted molar refractivity (Wildman–Crippen MR) is 84.9 cm³/mol. The van der Waals surface area contributed by atoms with Gasteiger partial charge in [0.1, 0.15) is 4.21 Å². The summed E-state index contributed by atoms with van der Waals surface area (Å²) >= 11 is 2.87. The Morgan fingerprint density at radius 3 is 2.75 bits per heavy atom. The van der Waals surface area contributed by atoms with E-state index in [1.54, 1.807) is 17.4 Å². The van der Waals surface area contributed by atoms with Gasteiger partial charge in [-0.1, -0.05) is 6.07 Å². The van der Waals surface area contributed by atoms with E-state index < -0.39 is 10.0 Å². The minimum Gasteiger partial charge on any atom is -0.315 e. The highest BCUT2D eigenvalue weighted by atomic mass is 32.2.